The Hall–Kier alpha value is -2.14. The zero-order valence-corrected chi connectivity index (χ0v) is 12.7. The molecule has 0 aliphatic heterocycles. The molecule has 0 radical (unpaired) electrons. The van der Waals surface area contributed by atoms with E-state index in [2.05, 4.69) is 29.2 Å². The molecular formula is C16H23N5. The van der Waals surface area contributed by atoms with Crippen molar-refractivity contribution in [1.82, 2.24) is 9.97 Å². The predicted octanol–water partition coefficient (Wildman–Crippen LogP) is 3.06. The minimum Gasteiger partial charge on any atom is -0.357 e. The Bertz CT molecular complexity index is 556. The van der Waals surface area contributed by atoms with Gasteiger partial charge < -0.3 is 10.3 Å². The lowest BCUT2D eigenvalue weighted by molar-refractivity contribution is 0.723. The fourth-order valence-electron chi connectivity index (χ4n) is 2.17. The Morgan fingerprint density at radius 3 is 2.52 bits per heavy atom. The van der Waals surface area contributed by atoms with Gasteiger partial charge in [-0.3, -0.25) is 0 Å². The topological polar surface area (TPSA) is 67.1 Å². The van der Waals surface area contributed by atoms with E-state index < -0.39 is 0 Å². The molecule has 2 aromatic rings. The number of hydrogen-bond acceptors (Lipinski definition) is 5. The summed E-state index contributed by atoms with van der Waals surface area (Å²) in [6.07, 6.45) is 2.30. The first-order valence-electron chi connectivity index (χ1n) is 7.44. The minimum atomic E-state index is 0.633. The summed E-state index contributed by atoms with van der Waals surface area (Å²) in [6, 6.07) is 11.8. The number of nitrogens with zero attached hydrogens (tertiary/aromatic N) is 3. The summed E-state index contributed by atoms with van der Waals surface area (Å²) in [5, 5.41) is 0. The highest BCUT2D eigenvalue weighted by Gasteiger charge is 2.11. The summed E-state index contributed by atoms with van der Waals surface area (Å²) in [7, 11) is 0. The largest absolute Gasteiger partial charge is 0.357 e. The van der Waals surface area contributed by atoms with Gasteiger partial charge in [-0.2, -0.15) is 0 Å². The van der Waals surface area contributed by atoms with Crippen molar-refractivity contribution >= 4 is 11.6 Å². The predicted molar refractivity (Wildman–Crippen MR) is 88.1 cm³/mol. The molecular weight excluding hydrogens is 262 g/mol. The molecule has 112 valence electrons. The monoisotopic (exact) mass is 285 g/mol. The standard InChI is InChI=1S/C16H23N5/c1-3-5-11-21(4-2)15-12-14(20-17)18-16(19-15)13-9-7-6-8-10-13/h6-10,12H,3-5,11,17H2,1-2H3,(H,18,19,20). The zero-order chi connectivity index (χ0) is 15.1. The van der Waals surface area contributed by atoms with Crippen LogP contribution in [0.4, 0.5) is 11.6 Å². The number of unbranched alkanes of at least 4 members (excludes halogenated alkanes) is 1. The molecule has 0 spiro atoms. The molecule has 0 amide bonds. The summed E-state index contributed by atoms with van der Waals surface area (Å²) in [4.78, 5) is 11.4. The minimum absolute atomic E-state index is 0.633. The maximum atomic E-state index is 5.55. The van der Waals surface area contributed by atoms with E-state index in [0.717, 1.165) is 37.3 Å². The molecule has 21 heavy (non-hydrogen) atoms. The van der Waals surface area contributed by atoms with Crippen LogP contribution in [0.3, 0.4) is 0 Å². The van der Waals surface area contributed by atoms with E-state index in [9.17, 15) is 0 Å². The molecule has 1 aromatic carbocycles. The van der Waals surface area contributed by atoms with Gasteiger partial charge in [0.05, 0.1) is 0 Å². The molecule has 0 fully saturated rings. The van der Waals surface area contributed by atoms with Gasteiger partial charge in [-0.1, -0.05) is 43.7 Å². The van der Waals surface area contributed by atoms with Crippen LogP contribution in [0.2, 0.25) is 0 Å². The van der Waals surface area contributed by atoms with Crippen LogP contribution < -0.4 is 16.2 Å². The average molecular weight is 285 g/mol. The average Bonchev–Trinajstić information content (AvgIpc) is 2.56. The van der Waals surface area contributed by atoms with Gasteiger partial charge in [0, 0.05) is 24.7 Å². The van der Waals surface area contributed by atoms with Crippen LogP contribution in [0.15, 0.2) is 36.4 Å². The third-order valence-electron chi connectivity index (χ3n) is 3.38. The molecule has 0 aliphatic carbocycles. The van der Waals surface area contributed by atoms with Crippen molar-refractivity contribution < 1.29 is 0 Å². The van der Waals surface area contributed by atoms with E-state index in [0.29, 0.717) is 11.6 Å². The molecule has 0 unspecified atom stereocenters. The maximum Gasteiger partial charge on any atom is 0.163 e. The highest BCUT2D eigenvalue weighted by Crippen LogP contribution is 2.22. The zero-order valence-electron chi connectivity index (χ0n) is 12.7. The van der Waals surface area contributed by atoms with Crippen molar-refractivity contribution in [2.45, 2.75) is 26.7 Å². The second kappa shape index (κ2) is 7.59. The summed E-state index contributed by atoms with van der Waals surface area (Å²) < 4.78 is 0. The number of nitrogen functional groups attached to an aromatic ring is 1. The van der Waals surface area contributed by atoms with Gasteiger partial charge in [0.25, 0.3) is 0 Å². The Balaban J connectivity index is 2.37. The Morgan fingerprint density at radius 2 is 1.90 bits per heavy atom. The van der Waals surface area contributed by atoms with Crippen LogP contribution in [0.1, 0.15) is 26.7 Å². The lowest BCUT2D eigenvalue weighted by Gasteiger charge is -2.22. The number of hydrazine groups is 1. The first kappa shape index (κ1) is 15.3. The van der Waals surface area contributed by atoms with E-state index in [1.54, 1.807) is 0 Å². The Kier molecular flexibility index (Phi) is 5.51. The Labute approximate surface area is 126 Å². The lowest BCUT2D eigenvalue weighted by Crippen LogP contribution is -2.25. The van der Waals surface area contributed by atoms with Crippen LogP contribution in [0.25, 0.3) is 11.4 Å². The highest BCUT2D eigenvalue weighted by atomic mass is 15.3. The van der Waals surface area contributed by atoms with E-state index in [1.165, 1.54) is 0 Å². The summed E-state index contributed by atoms with van der Waals surface area (Å²) in [6.45, 7) is 6.23. The molecule has 1 aromatic heterocycles. The van der Waals surface area contributed by atoms with Crippen molar-refractivity contribution in [3.63, 3.8) is 0 Å². The number of rotatable bonds is 7. The quantitative estimate of drug-likeness (QED) is 0.604. The number of benzene rings is 1. The third kappa shape index (κ3) is 3.92. The van der Waals surface area contributed by atoms with Gasteiger partial charge in [0.15, 0.2) is 5.82 Å². The van der Waals surface area contributed by atoms with Gasteiger partial charge in [0.1, 0.15) is 11.6 Å². The van der Waals surface area contributed by atoms with Crippen LogP contribution in [0, 0.1) is 0 Å². The number of hydrogen-bond donors (Lipinski definition) is 2. The van der Waals surface area contributed by atoms with Crippen LogP contribution in [-0.4, -0.2) is 23.1 Å². The molecule has 0 saturated heterocycles. The van der Waals surface area contributed by atoms with Crippen LogP contribution in [-0.2, 0) is 0 Å². The van der Waals surface area contributed by atoms with E-state index in [1.807, 2.05) is 36.4 Å². The van der Waals surface area contributed by atoms with E-state index >= 15 is 0 Å². The molecule has 0 aliphatic rings. The van der Waals surface area contributed by atoms with Crippen molar-refractivity contribution in [3.05, 3.63) is 36.4 Å². The highest BCUT2D eigenvalue weighted by molar-refractivity contribution is 5.61. The number of nitrogens with one attached hydrogen (secondary N) is 1. The first-order chi connectivity index (χ1) is 10.3. The van der Waals surface area contributed by atoms with Gasteiger partial charge in [-0.15, -0.1) is 0 Å². The van der Waals surface area contributed by atoms with Crippen molar-refractivity contribution in [1.29, 1.82) is 0 Å². The van der Waals surface area contributed by atoms with Gasteiger partial charge in [0.2, 0.25) is 0 Å². The number of nitrogens with two attached hydrogens (primary N) is 1. The summed E-state index contributed by atoms with van der Waals surface area (Å²) in [5.41, 5.74) is 3.62. The SMILES string of the molecule is CCCCN(CC)c1cc(NN)nc(-c2ccccc2)n1. The van der Waals surface area contributed by atoms with Gasteiger partial charge in [-0.25, -0.2) is 15.8 Å². The Morgan fingerprint density at radius 1 is 1.14 bits per heavy atom. The molecule has 3 N–H and O–H groups in total. The first-order valence-corrected chi connectivity index (χ1v) is 7.44. The lowest BCUT2D eigenvalue weighted by atomic mass is 10.2. The number of aromatic nitrogens is 2. The molecule has 5 nitrogen and oxygen atoms in total. The molecule has 0 saturated carbocycles. The summed E-state index contributed by atoms with van der Waals surface area (Å²) >= 11 is 0. The fraction of sp³-hybridized carbons (Fsp3) is 0.375. The second-order valence-corrected chi connectivity index (χ2v) is 4.88. The number of anilines is 2. The molecule has 2 rings (SSSR count). The maximum absolute atomic E-state index is 5.55. The third-order valence-corrected chi connectivity index (χ3v) is 3.38. The van der Waals surface area contributed by atoms with Crippen LogP contribution in [0.5, 0.6) is 0 Å². The van der Waals surface area contributed by atoms with Crippen molar-refractivity contribution in [2.75, 3.05) is 23.4 Å². The second-order valence-electron chi connectivity index (χ2n) is 4.88. The molecule has 5 heteroatoms. The van der Waals surface area contributed by atoms with Crippen molar-refractivity contribution in [3.8, 4) is 11.4 Å². The van der Waals surface area contributed by atoms with E-state index in [4.69, 9.17) is 10.8 Å². The van der Waals surface area contributed by atoms with Crippen LogP contribution >= 0.6 is 0 Å². The molecule has 0 atom stereocenters. The van der Waals surface area contributed by atoms with Crippen molar-refractivity contribution in [2.24, 2.45) is 5.84 Å². The summed E-state index contributed by atoms with van der Waals surface area (Å²) in [5.74, 6) is 7.78. The van der Waals surface area contributed by atoms with Gasteiger partial charge in [-0.05, 0) is 13.3 Å². The van der Waals surface area contributed by atoms with E-state index in [-0.39, 0.29) is 0 Å². The smallest absolute Gasteiger partial charge is 0.163 e. The fourth-order valence-corrected chi connectivity index (χ4v) is 2.17. The normalized spacial score (nSPS) is 10.4. The molecule has 0 bridgehead atoms. The molecule has 1 heterocycles. The van der Waals surface area contributed by atoms with Gasteiger partial charge >= 0.3 is 0 Å².